The summed E-state index contributed by atoms with van der Waals surface area (Å²) in [5.41, 5.74) is 2.43. The normalized spacial score (nSPS) is 14.0. The van der Waals surface area contributed by atoms with Gasteiger partial charge in [0.05, 0.1) is 18.3 Å². The molecule has 0 unspecified atom stereocenters. The first kappa shape index (κ1) is 23.3. The number of anilines is 1. The van der Waals surface area contributed by atoms with Gasteiger partial charge in [-0.3, -0.25) is 9.88 Å². The van der Waals surface area contributed by atoms with Crippen molar-refractivity contribution in [3.8, 4) is 11.5 Å². The molecule has 4 rings (SSSR count). The molecule has 178 valence electrons. The van der Waals surface area contributed by atoms with Gasteiger partial charge in [-0.1, -0.05) is 30.3 Å². The molecule has 3 amide bonds. The summed E-state index contributed by atoms with van der Waals surface area (Å²) < 4.78 is 10.7. The number of nitrogens with one attached hydrogen (secondary N) is 2. The van der Waals surface area contributed by atoms with E-state index in [1.54, 1.807) is 30.2 Å². The van der Waals surface area contributed by atoms with E-state index in [9.17, 15) is 9.59 Å². The van der Waals surface area contributed by atoms with Crippen LogP contribution >= 0.6 is 0 Å². The molecule has 1 aromatic heterocycles. The number of hydrogen-bond donors (Lipinski definition) is 2. The summed E-state index contributed by atoms with van der Waals surface area (Å²) in [6.45, 7) is 5.63. The fourth-order valence-corrected chi connectivity index (χ4v) is 3.92. The van der Waals surface area contributed by atoms with Crippen molar-refractivity contribution in [2.45, 2.75) is 6.92 Å². The summed E-state index contributed by atoms with van der Waals surface area (Å²) in [6.07, 6.45) is -0.387. The highest BCUT2D eigenvalue weighted by Gasteiger charge is 2.23. The van der Waals surface area contributed by atoms with Crippen LogP contribution in [0.15, 0.2) is 54.6 Å². The SMILES string of the molecule is COc1ccccc1OC(=O)N1CCN(CCNC(=O)Nc2cc(C)nc3ccccc23)CC1. The molecular formula is C25H29N5O4. The van der Waals surface area contributed by atoms with Gasteiger partial charge < -0.3 is 25.0 Å². The molecule has 0 aliphatic carbocycles. The van der Waals surface area contributed by atoms with Gasteiger partial charge in [-0.15, -0.1) is 0 Å². The summed E-state index contributed by atoms with van der Waals surface area (Å²) in [5, 5.41) is 6.74. The van der Waals surface area contributed by atoms with Crippen LogP contribution in [-0.4, -0.2) is 73.3 Å². The summed E-state index contributed by atoms with van der Waals surface area (Å²) in [7, 11) is 1.54. The maximum atomic E-state index is 12.5. The van der Waals surface area contributed by atoms with Crippen molar-refractivity contribution in [1.82, 2.24) is 20.1 Å². The van der Waals surface area contributed by atoms with E-state index < -0.39 is 0 Å². The van der Waals surface area contributed by atoms with Gasteiger partial charge in [0.25, 0.3) is 0 Å². The van der Waals surface area contributed by atoms with Gasteiger partial charge >= 0.3 is 12.1 Å². The lowest BCUT2D eigenvalue weighted by Crippen LogP contribution is -2.51. The van der Waals surface area contributed by atoms with E-state index >= 15 is 0 Å². The van der Waals surface area contributed by atoms with Gasteiger partial charge in [0.2, 0.25) is 0 Å². The Morgan fingerprint density at radius 2 is 1.71 bits per heavy atom. The Hall–Kier alpha value is -3.85. The van der Waals surface area contributed by atoms with Crippen molar-refractivity contribution in [2.24, 2.45) is 0 Å². The van der Waals surface area contributed by atoms with Crippen LogP contribution in [0.25, 0.3) is 10.9 Å². The number of urea groups is 1. The summed E-state index contributed by atoms with van der Waals surface area (Å²) in [6, 6.07) is 16.4. The number of para-hydroxylation sites is 3. The van der Waals surface area contributed by atoms with Crippen LogP contribution in [-0.2, 0) is 0 Å². The molecule has 2 aromatic carbocycles. The average Bonchev–Trinajstić information content (AvgIpc) is 2.84. The molecule has 1 aliphatic rings. The maximum Gasteiger partial charge on any atom is 0.415 e. The number of aromatic nitrogens is 1. The Balaban J connectivity index is 1.20. The van der Waals surface area contributed by atoms with Crippen LogP contribution < -0.4 is 20.1 Å². The van der Waals surface area contributed by atoms with Crippen molar-refractivity contribution in [3.05, 3.63) is 60.3 Å². The zero-order valence-corrected chi connectivity index (χ0v) is 19.4. The van der Waals surface area contributed by atoms with Crippen LogP contribution in [0, 0.1) is 6.92 Å². The van der Waals surface area contributed by atoms with Crippen LogP contribution in [0.2, 0.25) is 0 Å². The Kier molecular flexibility index (Phi) is 7.44. The Morgan fingerprint density at radius 3 is 2.47 bits per heavy atom. The van der Waals surface area contributed by atoms with E-state index in [4.69, 9.17) is 9.47 Å². The molecule has 0 saturated carbocycles. The number of methoxy groups -OCH3 is 1. The number of hydrogen-bond acceptors (Lipinski definition) is 6. The third kappa shape index (κ3) is 5.74. The highest BCUT2D eigenvalue weighted by Crippen LogP contribution is 2.26. The number of carbonyl (C=O) groups is 2. The van der Waals surface area contributed by atoms with Gasteiger partial charge in [0, 0.05) is 50.3 Å². The second kappa shape index (κ2) is 10.8. The Labute approximate surface area is 198 Å². The fourth-order valence-electron chi connectivity index (χ4n) is 3.92. The first-order valence-electron chi connectivity index (χ1n) is 11.3. The number of amides is 3. The molecule has 3 aromatic rings. The standard InChI is InChI=1S/C25H29N5O4/c1-18-17-21(19-7-3-4-8-20(19)27-18)28-24(31)26-11-12-29-13-15-30(16-14-29)25(32)34-23-10-6-5-9-22(23)33-2/h3-10,17H,11-16H2,1-2H3,(H2,26,27,28,31). The van der Waals surface area contributed by atoms with Crippen LogP contribution in [0.4, 0.5) is 15.3 Å². The number of nitrogens with zero attached hydrogens (tertiary/aromatic N) is 3. The highest BCUT2D eigenvalue weighted by atomic mass is 16.6. The lowest BCUT2D eigenvalue weighted by Gasteiger charge is -2.34. The van der Waals surface area contributed by atoms with Gasteiger partial charge in [-0.2, -0.15) is 0 Å². The molecule has 0 radical (unpaired) electrons. The number of piperazine rings is 1. The van der Waals surface area contributed by atoms with Gasteiger partial charge in [-0.05, 0) is 31.2 Å². The Morgan fingerprint density at radius 1 is 1.00 bits per heavy atom. The molecule has 0 atom stereocenters. The first-order valence-corrected chi connectivity index (χ1v) is 11.3. The molecule has 2 heterocycles. The molecular weight excluding hydrogens is 434 g/mol. The smallest absolute Gasteiger partial charge is 0.415 e. The van der Waals surface area contributed by atoms with Crippen LogP contribution in [0.5, 0.6) is 11.5 Å². The van der Waals surface area contributed by atoms with E-state index in [2.05, 4.69) is 20.5 Å². The van der Waals surface area contributed by atoms with E-state index in [1.807, 2.05) is 43.3 Å². The van der Waals surface area contributed by atoms with Crippen molar-refractivity contribution in [3.63, 3.8) is 0 Å². The van der Waals surface area contributed by atoms with Crippen molar-refractivity contribution in [1.29, 1.82) is 0 Å². The number of benzene rings is 2. The van der Waals surface area contributed by atoms with Crippen LogP contribution in [0.1, 0.15) is 5.69 Å². The minimum absolute atomic E-state index is 0.255. The quantitative estimate of drug-likeness (QED) is 0.581. The minimum Gasteiger partial charge on any atom is -0.493 e. The molecule has 2 N–H and O–H groups in total. The van der Waals surface area contributed by atoms with Crippen molar-refractivity contribution in [2.75, 3.05) is 51.7 Å². The predicted molar refractivity (Wildman–Crippen MR) is 131 cm³/mol. The molecule has 9 nitrogen and oxygen atoms in total. The monoisotopic (exact) mass is 463 g/mol. The minimum atomic E-state index is -0.387. The molecule has 9 heteroatoms. The third-order valence-corrected chi connectivity index (χ3v) is 5.70. The number of carbonyl (C=O) groups excluding carboxylic acids is 2. The average molecular weight is 464 g/mol. The highest BCUT2D eigenvalue weighted by molar-refractivity contribution is 6.00. The second-order valence-electron chi connectivity index (χ2n) is 8.06. The van der Waals surface area contributed by atoms with Crippen LogP contribution in [0.3, 0.4) is 0 Å². The maximum absolute atomic E-state index is 12.5. The second-order valence-corrected chi connectivity index (χ2v) is 8.06. The fraction of sp³-hybridized carbons (Fsp3) is 0.320. The molecule has 0 spiro atoms. The molecule has 0 bridgehead atoms. The lowest BCUT2D eigenvalue weighted by molar-refractivity contribution is 0.110. The number of pyridine rings is 1. The third-order valence-electron chi connectivity index (χ3n) is 5.70. The van der Waals surface area contributed by atoms with E-state index in [0.717, 1.165) is 22.3 Å². The summed E-state index contributed by atoms with van der Waals surface area (Å²) in [5.74, 6) is 0.929. The predicted octanol–water partition coefficient (Wildman–Crippen LogP) is 3.49. The largest absolute Gasteiger partial charge is 0.493 e. The van der Waals surface area contributed by atoms with Gasteiger partial charge in [0.1, 0.15) is 0 Å². The summed E-state index contributed by atoms with van der Waals surface area (Å²) in [4.78, 5) is 33.3. The number of ether oxygens (including phenoxy) is 2. The first-order chi connectivity index (χ1) is 16.5. The molecule has 1 fully saturated rings. The van der Waals surface area contributed by atoms with Gasteiger partial charge in [0.15, 0.2) is 11.5 Å². The molecule has 1 saturated heterocycles. The number of rotatable bonds is 6. The zero-order valence-electron chi connectivity index (χ0n) is 19.4. The van der Waals surface area contributed by atoms with Crippen molar-refractivity contribution < 1.29 is 19.1 Å². The number of fused-ring (bicyclic) bond motifs is 1. The Bertz CT molecular complexity index is 1160. The lowest BCUT2D eigenvalue weighted by atomic mass is 10.1. The van der Waals surface area contributed by atoms with E-state index in [0.29, 0.717) is 50.8 Å². The summed E-state index contributed by atoms with van der Waals surface area (Å²) >= 11 is 0. The molecule has 34 heavy (non-hydrogen) atoms. The zero-order chi connectivity index (χ0) is 23.9. The molecule has 1 aliphatic heterocycles. The van der Waals surface area contributed by atoms with E-state index in [1.165, 1.54) is 0 Å². The van der Waals surface area contributed by atoms with E-state index in [-0.39, 0.29) is 12.1 Å². The van der Waals surface area contributed by atoms with Crippen molar-refractivity contribution >= 4 is 28.7 Å². The van der Waals surface area contributed by atoms with Gasteiger partial charge in [-0.25, -0.2) is 9.59 Å². The topological polar surface area (TPSA) is 96.0 Å². The number of aryl methyl sites for hydroxylation is 1.